The summed E-state index contributed by atoms with van der Waals surface area (Å²) in [5, 5.41) is 3.56. The Balaban J connectivity index is 1.56. The van der Waals surface area contributed by atoms with Crippen LogP contribution < -0.4 is 5.32 Å². The van der Waals surface area contributed by atoms with E-state index in [2.05, 4.69) is 39.2 Å². The van der Waals surface area contributed by atoms with Crippen molar-refractivity contribution in [3.05, 3.63) is 11.6 Å². The molecule has 8 unspecified atom stereocenters. The second kappa shape index (κ2) is 7.15. The first kappa shape index (κ1) is 20.4. The van der Waals surface area contributed by atoms with Gasteiger partial charge in [-0.05, 0) is 99.8 Å². The molecule has 0 aromatic heterocycles. The second-order valence-electron chi connectivity index (χ2n) is 11.1. The van der Waals surface area contributed by atoms with Gasteiger partial charge in [0.25, 0.3) is 0 Å². The topological polar surface area (TPSA) is 32.3 Å². The summed E-state index contributed by atoms with van der Waals surface area (Å²) in [5.74, 6) is 3.37. The quantitative estimate of drug-likeness (QED) is 0.691. The minimum atomic E-state index is 0.201. The van der Waals surface area contributed by atoms with E-state index in [1.807, 2.05) is 11.9 Å². The highest BCUT2D eigenvalue weighted by molar-refractivity contribution is 5.73. The molecule has 0 saturated heterocycles. The van der Waals surface area contributed by atoms with Crippen LogP contribution in [0.25, 0.3) is 0 Å². The van der Waals surface area contributed by atoms with Gasteiger partial charge < -0.3 is 10.2 Å². The molecular weight excluding hydrogens is 344 g/mol. The Labute approximate surface area is 172 Å². The molecule has 158 valence electrons. The Bertz CT molecular complexity index is 657. The second-order valence-corrected chi connectivity index (χ2v) is 11.1. The predicted molar refractivity (Wildman–Crippen MR) is 116 cm³/mol. The van der Waals surface area contributed by atoms with Crippen LogP contribution in [-0.4, -0.2) is 37.0 Å². The van der Waals surface area contributed by atoms with Gasteiger partial charge >= 0.3 is 0 Å². The Morgan fingerprint density at radius 2 is 1.96 bits per heavy atom. The molecule has 0 aromatic carbocycles. The third kappa shape index (κ3) is 2.90. The van der Waals surface area contributed by atoms with E-state index in [4.69, 9.17) is 0 Å². The number of fused-ring (bicyclic) bond motifs is 5. The molecule has 4 aliphatic rings. The lowest BCUT2D eigenvalue weighted by molar-refractivity contribution is -0.131. The van der Waals surface area contributed by atoms with Crippen LogP contribution in [0, 0.1) is 34.5 Å². The summed E-state index contributed by atoms with van der Waals surface area (Å²) < 4.78 is 0. The summed E-state index contributed by atoms with van der Waals surface area (Å²) in [6.45, 7) is 9.16. The molecule has 1 N–H and O–H groups in total. The van der Waals surface area contributed by atoms with E-state index in [1.165, 1.54) is 44.9 Å². The molecule has 3 heteroatoms. The highest BCUT2D eigenvalue weighted by Gasteiger charge is 2.58. The Kier molecular flexibility index (Phi) is 5.22. The van der Waals surface area contributed by atoms with Crippen LogP contribution in [0.15, 0.2) is 11.6 Å². The van der Waals surface area contributed by atoms with Gasteiger partial charge in [0, 0.05) is 26.1 Å². The summed E-state index contributed by atoms with van der Waals surface area (Å²) in [4.78, 5) is 14.0. The summed E-state index contributed by atoms with van der Waals surface area (Å²) >= 11 is 0. The average Bonchev–Trinajstić information content (AvgIpc) is 3.03. The standard InChI is InChI=1S/C25H42N2O/c1-16(27(6)17(2)28)21-9-10-22-20-8-7-18-15-19(26-5)11-13-24(18,3)23(20)12-14-25(21,22)4/h10,16,18-21,23,26H,7-9,11-15H2,1-6H3. The minimum absolute atomic E-state index is 0.201. The van der Waals surface area contributed by atoms with Crippen molar-refractivity contribution in [2.75, 3.05) is 14.1 Å². The first-order chi connectivity index (χ1) is 13.2. The van der Waals surface area contributed by atoms with Gasteiger partial charge in [-0.1, -0.05) is 25.5 Å². The normalized spacial score (nSPS) is 46.1. The third-order valence-electron chi connectivity index (χ3n) is 10.2. The molecule has 0 aliphatic heterocycles. The zero-order valence-electron chi connectivity index (χ0n) is 19.1. The molecule has 0 aromatic rings. The van der Waals surface area contributed by atoms with E-state index in [9.17, 15) is 4.79 Å². The van der Waals surface area contributed by atoms with Crippen LogP contribution in [0.5, 0.6) is 0 Å². The van der Waals surface area contributed by atoms with E-state index in [1.54, 1.807) is 12.5 Å². The van der Waals surface area contributed by atoms with Gasteiger partial charge in [0.1, 0.15) is 0 Å². The number of amides is 1. The summed E-state index contributed by atoms with van der Waals surface area (Å²) in [7, 11) is 4.14. The number of carbonyl (C=O) groups excluding carboxylic acids is 1. The largest absolute Gasteiger partial charge is 0.343 e. The van der Waals surface area contributed by atoms with Gasteiger partial charge in [0.15, 0.2) is 0 Å². The summed E-state index contributed by atoms with van der Waals surface area (Å²) in [6, 6.07) is 1.06. The predicted octanol–water partition coefficient (Wildman–Crippen LogP) is 5.02. The highest BCUT2D eigenvalue weighted by Crippen LogP contribution is 2.66. The summed E-state index contributed by atoms with van der Waals surface area (Å²) in [6.07, 6.45) is 13.4. The average molecular weight is 387 g/mol. The van der Waals surface area contributed by atoms with E-state index in [0.717, 1.165) is 30.2 Å². The van der Waals surface area contributed by atoms with Crippen molar-refractivity contribution in [2.24, 2.45) is 34.5 Å². The highest BCUT2D eigenvalue weighted by atomic mass is 16.2. The van der Waals surface area contributed by atoms with E-state index in [-0.39, 0.29) is 5.91 Å². The Morgan fingerprint density at radius 1 is 1.21 bits per heavy atom. The maximum atomic E-state index is 12.0. The molecule has 8 atom stereocenters. The lowest BCUT2D eigenvalue weighted by Crippen LogP contribution is -2.54. The molecule has 0 heterocycles. The molecule has 4 rings (SSSR count). The Morgan fingerprint density at radius 3 is 2.64 bits per heavy atom. The number of carbonyl (C=O) groups is 1. The van der Waals surface area contributed by atoms with E-state index >= 15 is 0 Å². The number of rotatable bonds is 3. The third-order valence-corrected chi connectivity index (χ3v) is 10.2. The lowest BCUT2D eigenvalue weighted by atomic mass is 9.45. The van der Waals surface area contributed by atoms with Gasteiger partial charge in [0.2, 0.25) is 5.91 Å². The van der Waals surface area contributed by atoms with Crippen molar-refractivity contribution in [1.29, 1.82) is 0 Å². The van der Waals surface area contributed by atoms with Crippen LogP contribution in [0.4, 0.5) is 0 Å². The zero-order chi connectivity index (χ0) is 20.3. The smallest absolute Gasteiger partial charge is 0.219 e. The van der Waals surface area contributed by atoms with Gasteiger partial charge in [0.05, 0.1) is 0 Å². The fourth-order valence-corrected chi connectivity index (χ4v) is 8.17. The molecular formula is C25H42N2O. The molecule has 3 nitrogen and oxygen atoms in total. The zero-order valence-corrected chi connectivity index (χ0v) is 19.1. The molecule has 3 fully saturated rings. The van der Waals surface area contributed by atoms with Crippen molar-refractivity contribution >= 4 is 5.91 Å². The van der Waals surface area contributed by atoms with Crippen molar-refractivity contribution in [3.63, 3.8) is 0 Å². The van der Waals surface area contributed by atoms with Crippen molar-refractivity contribution in [3.8, 4) is 0 Å². The lowest BCUT2D eigenvalue weighted by Gasteiger charge is -2.60. The number of hydrogen-bond acceptors (Lipinski definition) is 2. The van der Waals surface area contributed by atoms with Gasteiger partial charge in [-0.3, -0.25) is 4.79 Å². The first-order valence-corrected chi connectivity index (χ1v) is 11.8. The van der Waals surface area contributed by atoms with E-state index < -0.39 is 0 Å². The number of allylic oxidation sites excluding steroid dienone is 2. The van der Waals surface area contributed by atoms with Crippen LogP contribution in [-0.2, 0) is 4.79 Å². The van der Waals surface area contributed by atoms with Crippen molar-refractivity contribution in [1.82, 2.24) is 10.2 Å². The van der Waals surface area contributed by atoms with Crippen LogP contribution in [0.1, 0.15) is 79.1 Å². The summed E-state index contributed by atoms with van der Waals surface area (Å²) in [5.41, 5.74) is 2.63. The van der Waals surface area contributed by atoms with Crippen LogP contribution >= 0.6 is 0 Å². The number of nitrogens with one attached hydrogen (secondary N) is 1. The fourth-order valence-electron chi connectivity index (χ4n) is 8.17. The molecule has 0 bridgehead atoms. The maximum absolute atomic E-state index is 12.0. The van der Waals surface area contributed by atoms with Crippen molar-refractivity contribution < 1.29 is 4.79 Å². The molecule has 0 spiro atoms. The van der Waals surface area contributed by atoms with Gasteiger partial charge in [-0.2, -0.15) is 0 Å². The van der Waals surface area contributed by atoms with Crippen LogP contribution in [0.2, 0.25) is 0 Å². The monoisotopic (exact) mass is 386 g/mol. The number of hydrogen-bond donors (Lipinski definition) is 1. The molecule has 1 amide bonds. The van der Waals surface area contributed by atoms with Crippen LogP contribution in [0.3, 0.4) is 0 Å². The van der Waals surface area contributed by atoms with E-state index in [0.29, 0.717) is 22.8 Å². The maximum Gasteiger partial charge on any atom is 0.219 e. The molecule has 3 saturated carbocycles. The minimum Gasteiger partial charge on any atom is -0.343 e. The Hall–Kier alpha value is -0.830. The molecule has 0 radical (unpaired) electrons. The fraction of sp³-hybridized carbons (Fsp3) is 0.880. The first-order valence-electron chi connectivity index (χ1n) is 11.8. The SMILES string of the molecule is CNC1CCC2(C)C(CCC3C4=CCC(C(C)N(C)C(C)=O)C4(C)CCC32)C1. The van der Waals surface area contributed by atoms with Crippen molar-refractivity contribution in [2.45, 2.75) is 91.1 Å². The van der Waals surface area contributed by atoms with Gasteiger partial charge in [-0.25, -0.2) is 0 Å². The van der Waals surface area contributed by atoms with Gasteiger partial charge in [-0.15, -0.1) is 0 Å². The molecule has 28 heavy (non-hydrogen) atoms. The number of nitrogens with zero attached hydrogens (tertiary/aromatic N) is 1. The molecule has 4 aliphatic carbocycles.